The second kappa shape index (κ2) is 3.82. The number of hydrogen-bond acceptors (Lipinski definition) is 2. The van der Waals surface area contributed by atoms with Crippen LogP contribution in [-0.2, 0) is 0 Å². The third-order valence-corrected chi connectivity index (χ3v) is 2.36. The van der Waals surface area contributed by atoms with Gasteiger partial charge in [0.05, 0.1) is 16.3 Å². The third-order valence-electron chi connectivity index (χ3n) is 1.98. The number of aromatic nitrogens is 2. The first-order valence-electron chi connectivity index (χ1n) is 4.17. The van der Waals surface area contributed by atoms with Gasteiger partial charge in [0, 0.05) is 12.4 Å². The van der Waals surface area contributed by atoms with Gasteiger partial charge in [-0.3, -0.25) is 4.79 Å². The Kier molecular flexibility index (Phi) is 2.51. The van der Waals surface area contributed by atoms with E-state index in [1.165, 1.54) is 16.8 Å². The van der Waals surface area contributed by atoms with Crippen LogP contribution in [0.2, 0.25) is 5.02 Å². The molecule has 1 heterocycles. The van der Waals surface area contributed by atoms with Crippen molar-refractivity contribution in [3.8, 4) is 5.69 Å². The Morgan fingerprint density at radius 2 is 2.27 bits per heavy atom. The average Bonchev–Trinajstić information content (AvgIpc) is 2.75. The average molecular weight is 225 g/mol. The van der Waals surface area contributed by atoms with Crippen LogP contribution in [0.25, 0.3) is 5.69 Å². The van der Waals surface area contributed by atoms with Gasteiger partial charge in [-0.15, -0.1) is 0 Å². The van der Waals surface area contributed by atoms with Gasteiger partial charge in [-0.25, -0.2) is 9.07 Å². The maximum Gasteiger partial charge on any atom is 0.153 e. The summed E-state index contributed by atoms with van der Waals surface area (Å²) in [4.78, 5) is 10.8. The van der Waals surface area contributed by atoms with Gasteiger partial charge in [-0.2, -0.15) is 5.10 Å². The molecule has 0 amide bonds. The molecule has 2 rings (SSSR count). The van der Waals surface area contributed by atoms with E-state index in [2.05, 4.69) is 5.10 Å². The van der Waals surface area contributed by atoms with E-state index in [-0.39, 0.29) is 10.6 Å². The molecule has 2 aromatic rings. The maximum atomic E-state index is 13.1. The molecule has 0 aliphatic carbocycles. The standard InChI is InChI=1S/C10H6ClFN2O/c11-10-7(6-15)9(3-2-8(10)12)14-5-1-4-13-14/h1-6H. The molecule has 0 saturated carbocycles. The second-order valence-electron chi connectivity index (χ2n) is 2.86. The van der Waals surface area contributed by atoms with E-state index >= 15 is 0 Å². The zero-order valence-corrected chi connectivity index (χ0v) is 8.28. The predicted molar refractivity (Wildman–Crippen MR) is 53.9 cm³/mol. The molecule has 0 aliphatic rings. The van der Waals surface area contributed by atoms with Crippen LogP contribution >= 0.6 is 11.6 Å². The van der Waals surface area contributed by atoms with Crippen LogP contribution in [0.5, 0.6) is 0 Å². The van der Waals surface area contributed by atoms with Crippen molar-refractivity contribution < 1.29 is 9.18 Å². The Balaban J connectivity index is 2.68. The number of rotatable bonds is 2. The lowest BCUT2D eigenvalue weighted by Gasteiger charge is -2.06. The summed E-state index contributed by atoms with van der Waals surface area (Å²) in [6, 6.07) is 4.36. The van der Waals surface area contributed by atoms with Gasteiger partial charge in [0.1, 0.15) is 5.82 Å². The van der Waals surface area contributed by atoms with E-state index < -0.39 is 5.82 Å². The van der Waals surface area contributed by atoms with E-state index in [0.29, 0.717) is 12.0 Å². The van der Waals surface area contributed by atoms with Crippen molar-refractivity contribution in [2.24, 2.45) is 0 Å². The van der Waals surface area contributed by atoms with Crippen molar-refractivity contribution in [1.82, 2.24) is 9.78 Å². The molecular formula is C10H6ClFN2O. The van der Waals surface area contributed by atoms with Crippen LogP contribution in [0.3, 0.4) is 0 Å². The van der Waals surface area contributed by atoms with Crippen molar-refractivity contribution in [2.75, 3.05) is 0 Å². The summed E-state index contributed by atoms with van der Waals surface area (Å²) >= 11 is 5.67. The molecule has 0 radical (unpaired) electrons. The number of halogens is 2. The number of aldehydes is 1. The first kappa shape index (κ1) is 9.86. The number of carbonyl (C=O) groups is 1. The lowest BCUT2D eigenvalue weighted by atomic mass is 10.2. The van der Waals surface area contributed by atoms with E-state index in [1.807, 2.05) is 0 Å². The highest BCUT2D eigenvalue weighted by molar-refractivity contribution is 6.33. The molecule has 5 heteroatoms. The zero-order valence-electron chi connectivity index (χ0n) is 7.52. The summed E-state index contributed by atoms with van der Waals surface area (Å²) in [5, 5.41) is 3.76. The lowest BCUT2D eigenvalue weighted by Crippen LogP contribution is -2.01. The topological polar surface area (TPSA) is 34.9 Å². The summed E-state index contributed by atoms with van der Waals surface area (Å²) in [7, 11) is 0. The van der Waals surface area contributed by atoms with Crippen molar-refractivity contribution in [3.63, 3.8) is 0 Å². The van der Waals surface area contributed by atoms with Gasteiger partial charge >= 0.3 is 0 Å². The van der Waals surface area contributed by atoms with Crippen LogP contribution < -0.4 is 0 Å². The number of benzene rings is 1. The number of carbonyl (C=O) groups excluding carboxylic acids is 1. The van der Waals surface area contributed by atoms with Crippen LogP contribution in [0, 0.1) is 5.82 Å². The van der Waals surface area contributed by atoms with Crippen LogP contribution in [0.15, 0.2) is 30.6 Å². The summed E-state index contributed by atoms with van der Waals surface area (Å²) in [6.07, 6.45) is 3.73. The molecule has 1 aromatic heterocycles. The quantitative estimate of drug-likeness (QED) is 0.735. The van der Waals surface area contributed by atoms with Gasteiger partial charge in [-0.1, -0.05) is 11.6 Å². The fraction of sp³-hybridized carbons (Fsp3) is 0. The lowest BCUT2D eigenvalue weighted by molar-refractivity contribution is 0.112. The zero-order chi connectivity index (χ0) is 10.8. The molecule has 0 saturated heterocycles. The molecule has 0 atom stereocenters. The van der Waals surface area contributed by atoms with Crippen molar-refractivity contribution in [3.05, 3.63) is 47.0 Å². The molecule has 0 bridgehead atoms. The molecule has 1 aromatic carbocycles. The molecular weight excluding hydrogens is 219 g/mol. The number of nitrogens with zero attached hydrogens (tertiary/aromatic N) is 2. The van der Waals surface area contributed by atoms with Crippen molar-refractivity contribution in [2.45, 2.75) is 0 Å². The summed E-state index contributed by atoms with van der Waals surface area (Å²) < 4.78 is 14.5. The van der Waals surface area contributed by atoms with E-state index in [1.54, 1.807) is 18.5 Å². The largest absolute Gasteiger partial charge is 0.298 e. The Morgan fingerprint density at radius 3 is 2.87 bits per heavy atom. The fourth-order valence-electron chi connectivity index (χ4n) is 1.28. The van der Waals surface area contributed by atoms with Gasteiger partial charge in [0.25, 0.3) is 0 Å². The molecule has 3 nitrogen and oxygen atoms in total. The van der Waals surface area contributed by atoms with Crippen molar-refractivity contribution >= 4 is 17.9 Å². The predicted octanol–water partition coefficient (Wildman–Crippen LogP) is 2.48. The minimum Gasteiger partial charge on any atom is -0.298 e. The van der Waals surface area contributed by atoms with Gasteiger partial charge < -0.3 is 0 Å². The van der Waals surface area contributed by atoms with E-state index in [4.69, 9.17) is 11.6 Å². The summed E-state index contributed by atoms with van der Waals surface area (Å²) in [5.74, 6) is -0.616. The molecule has 76 valence electrons. The highest BCUT2D eigenvalue weighted by Crippen LogP contribution is 2.24. The van der Waals surface area contributed by atoms with E-state index in [0.717, 1.165) is 0 Å². The Labute approximate surface area is 90.1 Å². The van der Waals surface area contributed by atoms with Crippen molar-refractivity contribution in [1.29, 1.82) is 0 Å². The summed E-state index contributed by atoms with van der Waals surface area (Å²) in [6.45, 7) is 0. The van der Waals surface area contributed by atoms with Crippen LogP contribution in [0.4, 0.5) is 4.39 Å². The van der Waals surface area contributed by atoms with Crippen LogP contribution in [-0.4, -0.2) is 16.1 Å². The highest BCUT2D eigenvalue weighted by Gasteiger charge is 2.12. The smallest absolute Gasteiger partial charge is 0.153 e. The van der Waals surface area contributed by atoms with Crippen LogP contribution in [0.1, 0.15) is 10.4 Å². The first-order valence-corrected chi connectivity index (χ1v) is 4.55. The minimum atomic E-state index is -0.616. The third kappa shape index (κ3) is 1.64. The van der Waals surface area contributed by atoms with Gasteiger partial charge in [0.15, 0.2) is 6.29 Å². The fourth-order valence-corrected chi connectivity index (χ4v) is 1.48. The maximum absolute atomic E-state index is 13.1. The molecule has 0 N–H and O–H groups in total. The molecule has 0 fully saturated rings. The molecule has 0 spiro atoms. The molecule has 15 heavy (non-hydrogen) atoms. The Morgan fingerprint density at radius 1 is 1.47 bits per heavy atom. The monoisotopic (exact) mass is 224 g/mol. The minimum absolute atomic E-state index is 0.0976. The van der Waals surface area contributed by atoms with Gasteiger partial charge in [0.2, 0.25) is 0 Å². The van der Waals surface area contributed by atoms with Gasteiger partial charge in [-0.05, 0) is 18.2 Å². The second-order valence-corrected chi connectivity index (χ2v) is 3.24. The van der Waals surface area contributed by atoms with E-state index in [9.17, 15) is 9.18 Å². The number of hydrogen-bond donors (Lipinski definition) is 0. The summed E-state index contributed by atoms with van der Waals surface area (Å²) in [5.41, 5.74) is 0.557. The molecule has 0 aliphatic heterocycles. The Bertz CT molecular complexity index is 496. The highest BCUT2D eigenvalue weighted by atomic mass is 35.5. The first-order chi connectivity index (χ1) is 7.24. The Hall–Kier alpha value is -1.68. The SMILES string of the molecule is O=Cc1c(-n2cccn2)ccc(F)c1Cl. The molecule has 0 unspecified atom stereocenters. The normalized spacial score (nSPS) is 10.3.